The van der Waals surface area contributed by atoms with E-state index in [2.05, 4.69) is 59.5 Å². The molecule has 2 heteroatoms. The summed E-state index contributed by atoms with van der Waals surface area (Å²) in [6.07, 6.45) is 4.20. The molecule has 1 atom stereocenters. The first-order valence-electron chi connectivity index (χ1n) is 7.22. The SMILES string of the molecule is c1ccc2c(CNCC3CCCCS3)cccc2c1. The Bertz CT molecular complexity index is 526. The molecule has 1 N–H and O–H groups in total. The maximum Gasteiger partial charge on any atom is 0.0212 e. The van der Waals surface area contributed by atoms with Crippen molar-refractivity contribution in [1.82, 2.24) is 5.32 Å². The topological polar surface area (TPSA) is 12.0 Å². The smallest absolute Gasteiger partial charge is 0.0212 e. The van der Waals surface area contributed by atoms with E-state index >= 15 is 0 Å². The third-order valence-electron chi connectivity index (χ3n) is 3.84. The predicted octanol–water partition coefficient (Wildman–Crippen LogP) is 4.22. The van der Waals surface area contributed by atoms with Crippen LogP contribution in [0.2, 0.25) is 0 Å². The molecule has 1 nitrogen and oxygen atoms in total. The molecule has 100 valence electrons. The van der Waals surface area contributed by atoms with E-state index in [1.165, 1.54) is 41.4 Å². The van der Waals surface area contributed by atoms with Crippen molar-refractivity contribution in [3.63, 3.8) is 0 Å². The summed E-state index contributed by atoms with van der Waals surface area (Å²) >= 11 is 2.14. The van der Waals surface area contributed by atoms with Crippen molar-refractivity contribution in [2.75, 3.05) is 12.3 Å². The Morgan fingerprint density at radius 3 is 2.84 bits per heavy atom. The Morgan fingerprint density at radius 1 is 1.05 bits per heavy atom. The average Bonchev–Trinajstić information content (AvgIpc) is 2.49. The summed E-state index contributed by atoms with van der Waals surface area (Å²) in [5.74, 6) is 1.35. The van der Waals surface area contributed by atoms with Gasteiger partial charge in [0.2, 0.25) is 0 Å². The van der Waals surface area contributed by atoms with Crippen LogP contribution in [0.1, 0.15) is 24.8 Å². The highest BCUT2D eigenvalue weighted by Gasteiger charge is 2.13. The lowest BCUT2D eigenvalue weighted by Gasteiger charge is -2.21. The molecule has 0 aliphatic carbocycles. The van der Waals surface area contributed by atoms with Crippen LogP contribution in [-0.2, 0) is 6.54 Å². The van der Waals surface area contributed by atoms with Gasteiger partial charge >= 0.3 is 0 Å². The molecule has 1 heterocycles. The van der Waals surface area contributed by atoms with Crippen LogP contribution >= 0.6 is 11.8 Å². The second kappa shape index (κ2) is 6.44. The predicted molar refractivity (Wildman–Crippen MR) is 85.8 cm³/mol. The number of fused-ring (bicyclic) bond motifs is 1. The van der Waals surface area contributed by atoms with E-state index in [1.807, 2.05) is 0 Å². The lowest BCUT2D eigenvalue weighted by Crippen LogP contribution is -2.26. The Balaban J connectivity index is 1.62. The van der Waals surface area contributed by atoms with Crippen molar-refractivity contribution in [1.29, 1.82) is 0 Å². The molecule has 0 radical (unpaired) electrons. The van der Waals surface area contributed by atoms with Crippen molar-refractivity contribution < 1.29 is 0 Å². The van der Waals surface area contributed by atoms with E-state index in [-0.39, 0.29) is 0 Å². The van der Waals surface area contributed by atoms with Gasteiger partial charge in [0, 0.05) is 18.3 Å². The molecular weight excluding hydrogens is 250 g/mol. The van der Waals surface area contributed by atoms with Crippen molar-refractivity contribution >= 4 is 22.5 Å². The van der Waals surface area contributed by atoms with E-state index in [9.17, 15) is 0 Å². The molecule has 0 saturated carbocycles. The summed E-state index contributed by atoms with van der Waals surface area (Å²) in [5.41, 5.74) is 1.42. The van der Waals surface area contributed by atoms with Crippen LogP contribution in [0, 0.1) is 0 Å². The van der Waals surface area contributed by atoms with Crippen LogP contribution in [0.15, 0.2) is 42.5 Å². The fourth-order valence-corrected chi connectivity index (χ4v) is 4.06. The summed E-state index contributed by atoms with van der Waals surface area (Å²) < 4.78 is 0. The second-order valence-electron chi connectivity index (χ2n) is 5.26. The van der Waals surface area contributed by atoms with Crippen LogP contribution in [0.4, 0.5) is 0 Å². The first-order valence-corrected chi connectivity index (χ1v) is 8.27. The van der Waals surface area contributed by atoms with Gasteiger partial charge in [0.15, 0.2) is 0 Å². The minimum Gasteiger partial charge on any atom is -0.312 e. The van der Waals surface area contributed by atoms with Gasteiger partial charge in [-0.05, 0) is 34.9 Å². The monoisotopic (exact) mass is 271 g/mol. The van der Waals surface area contributed by atoms with Crippen molar-refractivity contribution in [2.45, 2.75) is 31.1 Å². The van der Waals surface area contributed by atoms with Gasteiger partial charge in [-0.1, -0.05) is 48.9 Å². The van der Waals surface area contributed by atoms with E-state index in [0.29, 0.717) is 0 Å². The normalized spacial score (nSPS) is 19.7. The molecule has 1 unspecified atom stereocenters. The summed E-state index contributed by atoms with van der Waals surface area (Å²) in [6.45, 7) is 2.13. The summed E-state index contributed by atoms with van der Waals surface area (Å²) in [7, 11) is 0. The maximum absolute atomic E-state index is 3.64. The zero-order valence-electron chi connectivity index (χ0n) is 11.3. The van der Waals surface area contributed by atoms with Crippen LogP contribution in [0.5, 0.6) is 0 Å². The third-order valence-corrected chi connectivity index (χ3v) is 5.24. The lowest BCUT2D eigenvalue weighted by atomic mass is 10.0. The highest BCUT2D eigenvalue weighted by molar-refractivity contribution is 7.99. The molecule has 1 aliphatic rings. The molecule has 0 amide bonds. The van der Waals surface area contributed by atoms with Gasteiger partial charge in [0.05, 0.1) is 0 Å². The molecule has 2 aromatic rings. The Kier molecular flexibility index (Phi) is 4.41. The molecule has 19 heavy (non-hydrogen) atoms. The molecule has 0 spiro atoms. The molecule has 1 fully saturated rings. The molecule has 3 rings (SSSR count). The van der Waals surface area contributed by atoms with Crippen molar-refractivity contribution in [3.05, 3.63) is 48.0 Å². The summed E-state index contributed by atoms with van der Waals surface area (Å²) in [4.78, 5) is 0. The number of hydrogen-bond donors (Lipinski definition) is 1. The van der Waals surface area contributed by atoms with Crippen LogP contribution in [0.25, 0.3) is 10.8 Å². The van der Waals surface area contributed by atoms with Crippen LogP contribution in [-0.4, -0.2) is 17.5 Å². The lowest BCUT2D eigenvalue weighted by molar-refractivity contribution is 0.599. The number of nitrogens with one attached hydrogen (secondary N) is 1. The van der Waals surface area contributed by atoms with E-state index in [1.54, 1.807) is 0 Å². The number of thioether (sulfide) groups is 1. The fraction of sp³-hybridized carbons (Fsp3) is 0.412. The highest BCUT2D eigenvalue weighted by atomic mass is 32.2. The Morgan fingerprint density at radius 2 is 1.95 bits per heavy atom. The first-order chi connectivity index (χ1) is 9.43. The van der Waals surface area contributed by atoms with Crippen molar-refractivity contribution in [3.8, 4) is 0 Å². The van der Waals surface area contributed by atoms with Crippen LogP contribution < -0.4 is 5.32 Å². The van der Waals surface area contributed by atoms with Gasteiger partial charge in [-0.15, -0.1) is 0 Å². The standard InChI is InChI=1S/C17H21NS/c1-2-10-17-14(6-1)7-5-8-15(17)12-18-13-16-9-3-4-11-19-16/h1-2,5-8,10,16,18H,3-4,9,11-13H2. The molecule has 0 aromatic heterocycles. The van der Waals surface area contributed by atoms with Gasteiger partial charge < -0.3 is 5.32 Å². The van der Waals surface area contributed by atoms with Gasteiger partial charge in [-0.25, -0.2) is 0 Å². The van der Waals surface area contributed by atoms with Crippen molar-refractivity contribution in [2.24, 2.45) is 0 Å². The number of rotatable bonds is 4. The molecule has 2 aromatic carbocycles. The largest absolute Gasteiger partial charge is 0.312 e. The van der Waals surface area contributed by atoms with Gasteiger partial charge in [0.25, 0.3) is 0 Å². The maximum atomic E-state index is 3.64. The quantitative estimate of drug-likeness (QED) is 0.893. The minimum absolute atomic E-state index is 0.823. The molecular formula is C17H21NS. The zero-order chi connectivity index (χ0) is 12.9. The zero-order valence-corrected chi connectivity index (χ0v) is 12.1. The Labute approximate surface area is 119 Å². The van der Waals surface area contributed by atoms with Gasteiger partial charge in [-0.3, -0.25) is 0 Å². The molecule has 1 aliphatic heterocycles. The summed E-state index contributed by atoms with van der Waals surface area (Å²) in [5, 5.41) is 7.19. The van der Waals surface area contributed by atoms with Gasteiger partial charge in [-0.2, -0.15) is 11.8 Å². The first kappa shape index (κ1) is 13.0. The highest BCUT2D eigenvalue weighted by Crippen LogP contribution is 2.24. The number of hydrogen-bond acceptors (Lipinski definition) is 2. The van der Waals surface area contributed by atoms with E-state index in [4.69, 9.17) is 0 Å². The molecule has 1 saturated heterocycles. The van der Waals surface area contributed by atoms with Crippen LogP contribution in [0.3, 0.4) is 0 Å². The second-order valence-corrected chi connectivity index (χ2v) is 6.67. The molecule has 0 bridgehead atoms. The third kappa shape index (κ3) is 3.31. The minimum atomic E-state index is 0.823. The van der Waals surface area contributed by atoms with E-state index < -0.39 is 0 Å². The number of benzene rings is 2. The average molecular weight is 271 g/mol. The fourth-order valence-electron chi connectivity index (χ4n) is 2.78. The van der Waals surface area contributed by atoms with Gasteiger partial charge in [0.1, 0.15) is 0 Å². The van der Waals surface area contributed by atoms with E-state index in [0.717, 1.165) is 18.3 Å². The summed E-state index contributed by atoms with van der Waals surface area (Å²) in [6, 6.07) is 15.2. The Hall–Kier alpha value is -0.990.